The minimum atomic E-state index is -0.521. The molecule has 1 aromatic heterocycles. The second-order valence-corrected chi connectivity index (χ2v) is 4.04. The topological polar surface area (TPSA) is 109 Å². The molecule has 0 unspecified atom stereocenters. The van der Waals surface area contributed by atoms with Gasteiger partial charge in [0.15, 0.2) is 11.6 Å². The second-order valence-electron chi connectivity index (χ2n) is 4.04. The molecule has 0 saturated carbocycles. The Labute approximate surface area is 125 Å². The third kappa shape index (κ3) is 4.00. The van der Waals surface area contributed by atoms with Gasteiger partial charge >= 0.3 is 0 Å². The van der Waals surface area contributed by atoms with Crippen molar-refractivity contribution in [3.63, 3.8) is 0 Å². The van der Waals surface area contributed by atoms with E-state index in [2.05, 4.69) is 25.9 Å². The van der Waals surface area contributed by atoms with Crippen LogP contribution in [-0.2, 0) is 4.74 Å². The van der Waals surface area contributed by atoms with E-state index >= 15 is 0 Å². The largest absolute Gasteiger partial charge is 0.488 e. The predicted molar refractivity (Wildman–Crippen MR) is 75.2 cm³/mol. The number of nitrogens with zero attached hydrogens (tertiary/aromatic N) is 4. The van der Waals surface area contributed by atoms with Gasteiger partial charge in [0.05, 0.1) is 6.61 Å². The SMILES string of the molecule is COCCOc1ccc(NC=C(C#N)c2nn[nH]n2)cc1F. The van der Waals surface area contributed by atoms with Crippen molar-refractivity contribution in [3.8, 4) is 11.8 Å². The number of rotatable bonds is 7. The van der Waals surface area contributed by atoms with Gasteiger partial charge < -0.3 is 14.8 Å². The van der Waals surface area contributed by atoms with Crippen LogP contribution in [0.1, 0.15) is 5.82 Å². The zero-order valence-electron chi connectivity index (χ0n) is 11.7. The van der Waals surface area contributed by atoms with Gasteiger partial charge in [0.2, 0.25) is 5.82 Å². The molecule has 2 aromatic rings. The Morgan fingerprint density at radius 2 is 2.36 bits per heavy atom. The van der Waals surface area contributed by atoms with Crippen molar-refractivity contribution in [3.05, 3.63) is 36.0 Å². The van der Waals surface area contributed by atoms with Crippen molar-refractivity contribution in [2.24, 2.45) is 0 Å². The number of hydrogen-bond acceptors (Lipinski definition) is 7. The Morgan fingerprint density at radius 3 is 3.00 bits per heavy atom. The van der Waals surface area contributed by atoms with Gasteiger partial charge in [0.25, 0.3) is 0 Å². The van der Waals surface area contributed by atoms with Crippen LogP contribution in [0.15, 0.2) is 24.4 Å². The Bertz CT molecular complexity index is 680. The van der Waals surface area contributed by atoms with E-state index in [9.17, 15) is 4.39 Å². The van der Waals surface area contributed by atoms with Gasteiger partial charge in [-0.1, -0.05) is 0 Å². The van der Waals surface area contributed by atoms with Crippen LogP contribution in [0.4, 0.5) is 10.1 Å². The molecule has 9 heteroatoms. The highest BCUT2D eigenvalue weighted by atomic mass is 19.1. The summed E-state index contributed by atoms with van der Waals surface area (Å²) in [7, 11) is 1.54. The number of ether oxygens (including phenoxy) is 2. The number of nitriles is 1. The van der Waals surface area contributed by atoms with E-state index in [0.29, 0.717) is 12.3 Å². The number of halogens is 1. The number of tetrazole rings is 1. The Hall–Kier alpha value is -2.99. The third-order valence-electron chi connectivity index (χ3n) is 2.57. The summed E-state index contributed by atoms with van der Waals surface area (Å²) >= 11 is 0. The van der Waals surface area contributed by atoms with Crippen LogP contribution in [0.5, 0.6) is 5.75 Å². The van der Waals surface area contributed by atoms with Crippen LogP contribution < -0.4 is 10.1 Å². The number of benzene rings is 1. The molecule has 1 aromatic carbocycles. The van der Waals surface area contributed by atoms with E-state index in [1.165, 1.54) is 25.4 Å². The molecule has 0 bridgehead atoms. The highest BCUT2D eigenvalue weighted by Crippen LogP contribution is 2.21. The zero-order chi connectivity index (χ0) is 15.8. The van der Waals surface area contributed by atoms with E-state index in [1.54, 1.807) is 6.07 Å². The van der Waals surface area contributed by atoms with Gasteiger partial charge in [-0.3, -0.25) is 0 Å². The first-order valence-electron chi connectivity index (χ1n) is 6.26. The van der Waals surface area contributed by atoms with E-state index in [4.69, 9.17) is 14.7 Å². The van der Waals surface area contributed by atoms with Gasteiger partial charge in [0, 0.05) is 25.1 Å². The summed E-state index contributed by atoms with van der Waals surface area (Å²) in [6, 6.07) is 6.28. The number of aromatic amines is 1. The average Bonchev–Trinajstić information content (AvgIpc) is 3.04. The lowest BCUT2D eigenvalue weighted by Gasteiger charge is -2.08. The molecule has 0 atom stereocenters. The molecule has 0 fully saturated rings. The summed E-state index contributed by atoms with van der Waals surface area (Å²) in [5, 5.41) is 24.8. The monoisotopic (exact) mass is 304 g/mol. The van der Waals surface area contributed by atoms with E-state index in [-0.39, 0.29) is 23.8 Å². The average molecular weight is 304 g/mol. The molecule has 0 aliphatic heterocycles. The molecule has 0 amide bonds. The van der Waals surface area contributed by atoms with Crippen molar-refractivity contribution < 1.29 is 13.9 Å². The zero-order valence-corrected chi connectivity index (χ0v) is 11.7. The van der Waals surface area contributed by atoms with Crippen LogP contribution in [0.3, 0.4) is 0 Å². The fourth-order valence-corrected chi connectivity index (χ4v) is 1.52. The molecule has 0 spiro atoms. The quantitative estimate of drug-likeness (QED) is 0.587. The van der Waals surface area contributed by atoms with E-state index < -0.39 is 5.82 Å². The molecule has 0 aliphatic carbocycles. The van der Waals surface area contributed by atoms with Crippen LogP contribution in [0.2, 0.25) is 0 Å². The highest BCUT2D eigenvalue weighted by Gasteiger charge is 2.07. The van der Waals surface area contributed by atoms with Gasteiger partial charge in [-0.15, -0.1) is 10.2 Å². The number of allylic oxidation sites excluding steroid dienone is 1. The Balaban J connectivity index is 2.04. The summed E-state index contributed by atoms with van der Waals surface area (Å²) < 4.78 is 23.9. The molecule has 0 aliphatic rings. The Kier molecular flexibility index (Phi) is 5.39. The molecule has 22 heavy (non-hydrogen) atoms. The first-order chi connectivity index (χ1) is 10.7. The van der Waals surface area contributed by atoms with Crippen molar-refractivity contribution in [1.29, 1.82) is 5.26 Å². The second kappa shape index (κ2) is 7.70. The summed E-state index contributed by atoms with van der Waals surface area (Å²) in [6.07, 6.45) is 1.37. The standard InChI is InChI=1S/C13H13FN6O2/c1-21-4-5-22-12-3-2-10(6-11(12)14)16-8-9(7-15)13-17-19-20-18-13/h2-3,6,8,16H,4-5H2,1H3,(H,17,18,19,20). The smallest absolute Gasteiger partial charge is 0.216 e. The molecule has 0 radical (unpaired) electrons. The summed E-state index contributed by atoms with van der Waals surface area (Å²) in [5.41, 5.74) is 0.613. The van der Waals surface area contributed by atoms with Crippen molar-refractivity contribution in [2.45, 2.75) is 0 Å². The predicted octanol–water partition coefficient (Wildman–Crippen LogP) is 1.34. The summed E-state index contributed by atoms with van der Waals surface area (Å²) in [4.78, 5) is 0. The lowest BCUT2D eigenvalue weighted by Crippen LogP contribution is -2.05. The van der Waals surface area contributed by atoms with Crippen LogP contribution >= 0.6 is 0 Å². The maximum atomic E-state index is 13.8. The maximum Gasteiger partial charge on any atom is 0.216 e. The first kappa shape index (κ1) is 15.4. The molecular weight excluding hydrogens is 291 g/mol. The van der Waals surface area contributed by atoms with Crippen molar-refractivity contribution >= 4 is 11.3 Å². The minimum Gasteiger partial charge on any atom is -0.488 e. The molecule has 114 valence electrons. The van der Waals surface area contributed by atoms with Crippen molar-refractivity contribution in [2.75, 3.05) is 25.6 Å². The first-order valence-corrected chi connectivity index (χ1v) is 6.26. The van der Waals surface area contributed by atoms with Gasteiger partial charge in [-0.05, 0) is 17.3 Å². The number of hydrogen-bond donors (Lipinski definition) is 2. The molecule has 2 N–H and O–H groups in total. The molecule has 0 saturated heterocycles. The lowest BCUT2D eigenvalue weighted by molar-refractivity contribution is 0.144. The minimum absolute atomic E-state index is 0.130. The molecule has 2 rings (SSSR count). The maximum absolute atomic E-state index is 13.8. The normalized spacial score (nSPS) is 11.0. The van der Waals surface area contributed by atoms with Crippen LogP contribution in [-0.4, -0.2) is 40.9 Å². The van der Waals surface area contributed by atoms with Crippen molar-refractivity contribution in [1.82, 2.24) is 20.6 Å². The number of nitrogens with one attached hydrogen (secondary N) is 2. The van der Waals surface area contributed by atoms with E-state index in [1.807, 2.05) is 6.07 Å². The summed E-state index contributed by atoms with van der Waals surface area (Å²) in [6.45, 7) is 0.634. The Morgan fingerprint density at radius 1 is 1.50 bits per heavy atom. The number of H-pyrrole nitrogens is 1. The van der Waals surface area contributed by atoms with Gasteiger partial charge in [-0.2, -0.15) is 10.5 Å². The molecule has 8 nitrogen and oxygen atoms in total. The summed E-state index contributed by atoms with van der Waals surface area (Å²) in [5.74, 6) is -0.243. The number of aromatic nitrogens is 4. The van der Waals surface area contributed by atoms with Crippen LogP contribution in [0.25, 0.3) is 5.57 Å². The fraction of sp³-hybridized carbons (Fsp3) is 0.231. The fourth-order valence-electron chi connectivity index (χ4n) is 1.52. The lowest BCUT2D eigenvalue weighted by atomic mass is 10.2. The third-order valence-corrected chi connectivity index (χ3v) is 2.57. The highest BCUT2D eigenvalue weighted by molar-refractivity contribution is 5.74. The van der Waals surface area contributed by atoms with Gasteiger partial charge in [-0.25, -0.2) is 4.39 Å². The number of anilines is 1. The molecule has 1 heterocycles. The number of methoxy groups -OCH3 is 1. The van der Waals surface area contributed by atoms with Crippen LogP contribution in [0, 0.1) is 17.1 Å². The van der Waals surface area contributed by atoms with Gasteiger partial charge in [0.1, 0.15) is 18.2 Å². The van der Waals surface area contributed by atoms with E-state index in [0.717, 1.165) is 0 Å². The molecular formula is C13H13FN6O2.